The number of nitrogens with zero attached hydrogens (tertiary/aromatic N) is 1. The summed E-state index contributed by atoms with van der Waals surface area (Å²) in [5.74, 6) is 0. The lowest BCUT2D eigenvalue weighted by Crippen LogP contribution is -2.31. The minimum absolute atomic E-state index is 0.0409. The summed E-state index contributed by atoms with van der Waals surface area (Å²) in [6.07, 6.45) is 1.38. The molecular formula is C13H11N3O2S. The van der Waals surface area contributed by atoms with E-state index in [0.717, 1.165) is 10.9 Å². The van der Waals surface area contributed by atoms with Crippen molar-refractivity contribution in [3.05, 3.63) is 62.2 Å². The number of nitrogen functional groups attached to an aromatic ring is 1. The maximum absolute atomic E-state index is 11.7. The number of anilines is 1. The Hall–Kier alpha value is -2.34. The number of benzene rings is 1. The lowest BCUT2D eigenvalue weighted by atomic mass is 10.2. The molecule has 0 amide bonds. The number of nitrogens with one attached hydrogen (secondary N) is 1. The zero-order chi connectivity index (χ0) is 13.4. The third kappa shape index (κ3) is 2.06. The van der Waals surface area contributed by atoms with Crippen molar-refractivity contribution in [2.24, 2.45) is 0 Å². The van der Waals surface area contributed by atoms with Crippen LogP contribution in [0.4, 0.5) is 5.69 Å². The van der Waals surface area contributed by atoms with Gasteiger partial charge in [0.2, 0.25) is 0 Å². The number of aromatic amines is 1. The standard InChI is InChI=1S/C13H11N3O2S/c14-10-6-16(13(18)15-12(10)17)5-8-7-19-11-4-2-1-3-9(8)11/h1-4,6-7H,5,14H2,(H,15,17,18). The van der Waals surface area contributed by atoms with Gasteiger partial charge in [-0.3, -0.25) is 14.3 Å². The summed E-state index contributed by atoms with van der Waals surface area (Å²) in [5, 5.41) is 3.13. The first kappa shape index (κ1) is 11.7. The van der Waals surface area contributed by atoms with Gasteiger partial charge in [0, 0.05) is 10.9 Å². The van der Waals surface area contributed by atoms with Crippen LogP contribution in [0.15, 0.2) is 45.4 Å². The quantitative estimate of drug-likeness (QED) is 0.740. The Kier molecular flexibility index (Phi) is 2.72. The Morgan fingerprint density at radius 2 is 2.05 bits per heavy atom. The van der Waals surface area contributed by atoms with E-state index in [1.54, 1.807) is 11.3 Å². The van der Waals surface area contributed by atoms with E-state index in [1.165, 1.54) is 15.5 Å². The van der Waals surface area contributed by atoms with Gasteiger partial charge in [-0.25, -0.2) is 4.79 Å². The van der Waals surface area contributed by atoms with Crippen LogP contribution in [-0.4, -0.2) is 9.55 Å². The monoisotopic (exact) mass is 273 g/mol. The Bertz CT molecular complexity index is 860. The molecular weight excluding hydrogens is 262 g/mol. The van der Waals surface area contributed by atoms with Crippen LogP contribution in [0.1, 0.15) is 5.56 Å². The largest absolute Gasteiger partial charge is 0.393 e. The number of hydrogen-bond donors (Lipinski definition) is 2. The van der Waals surface area contributed by atoms with E-state index in [9.17, 15) is 9.59 Å². The lowest BCUT2D eigenvalue weighted by Gasteiger charge is -2.05. The van der Waals surface area contributed by atoms with Crippen molar-refractivity contribution in [2.45, 2.75) is 6.54 Å². The van der Waals surface area contributed by atoms with Gasteiger partial charge in [0.05, 0.1) is 6.54 Å². The Morgan fingerprint density at radius 3 is 2.89 bits per heavy atom. The van der Waals surface area contributed by atoms with Crippen molar-refractivity contribution in [1.29, 1.82) is 0 Å². The molecule has 2 aromatic heterocycles. The molecule has 0 bridgehead atoms. The molecule has 0 aliphatic carbocycles. The fraction of sp³-hybridized carbons (Fsp3) is 0.0769. The molecule has 96 valence electrons. The van der Waals surface area contributed by atoms with Gasteiger partial charge in [-0.05, 0) is 22.4 Å². The molecule has 1 aromatic carbocycles. The van der Waals surface area contributed by atoms with E-state index >= 15 is 0 Å². The molecule has 0 saturated heterocycles. The third-order valence-electron chi connectivity index (χ3n) is 2.94. The van der Waals surface area contributed by atoms with Gasteiger partial charge < -0.3 is 5.73 Å². The van der Waals surface area contributed by atoms with Crippen molar-refractivity contribution < 1.29 is 0 Å². The highest BCUT2D eigenvalue weighted by atomic mass is 32.1. The summed E-state index contributed by atoms with van der Waals surface area (Å²) in [6, 6.07) is 7.99. The second-order valence-corrected chi connectivity index (χ2v) is 5.14. The van der Waals surface area contributed by atoms with E-state index in [4.69, 9.17) is 5.73 Å². The molecule has 0 fully saturated rings. The number of thiophene rings is 1. The van der Waals surface area contributed by atoms with Gasteiger partial charge in [-0.2, -0.15) is 0 Å². The number of H-pyrrole nitrogens is 1. The van der Waals surface area contributed by atoms with Crippen LogP contribution in [0, 0.1) is 0 Å². The molecule has 3 rings (SSSR count). The van der Waals surface area contributed by atoms with Gasteiger partial charge in [0.1, 0.15) is 5.69 Å². The Balaban J connectivity index is 2.09. The van der Waals surface area contributed by atoms with Crippen molar-refractivity contribution in [2.75, 3.05) is 5.73 Å². The first-order valence-electron chi connectivity index (χ1n) is 5.69. The van der Waals surface area contributed by atoms with Crippen LogP contribution >= 0.6 is 11.3 Å². The molecule has 0 saturated carbocycles. The number of fused-ring (bicyclic) bond motifs is 1. The molecule has 3 N–H and O–H groups in total. The summed E-state index contributed by atoms with van der Waals surface area (Å²) in [5.41, 5.74) is 5.61. The molecule has 3 aromatic rings. The minimum atomic E-state index is -0.545. The number of nitrogens with two attached hydrogens (primary N) is 1. The molecule has 0 aliphatic heterocycles. The first-order valence-corrected chi connectivity index (χ1v) is 6.57. The van der Waals surface area contributed by atoms with Crippen molar-refractivity contribution in [1.82, 2.24) is 9.55 Å². The zero-order valence-electron chi connectivity index (χ0n) is 9.92. The smallest absolute Gasteiger partial charge is 0.328 e. The normalized spacial score (nSPS) is 10.9. The molecule has 0 aliphatic rings. The Morgan fingerprint density at radius 1 is 1.26 bits per heavy atom. The van der Waals surface area contributed by atoms with Crippen LogP contribution in [0.25, 0.3) is 10.1 Å². The fourth-order valence-electron chi connectivity index (χ4n) is 1.98. The molecule has 2 heterocycles. The van der Waals surface area contributed by atoms with E-state index in [0.29, 0.717) is 6.54 Å². The van der Waals surface area contributed by atoms with Crippen LogP contribution in [0.5, 0.6) is 0 Å². The van der Waals surface area contributed by atoms with Gasteiger partial charge in [-0.1, -0.05) is 18.2 Å². The van der Waals surface area contributed by atoms with Crippen LogP contribution in [-0.2, 0) is 6.54 Å². The number of hydrogen-bond acceptors (Lipinski definition) is 4. The van der Waals surface area contributed by atoms with E-state index in [1.807, 2.05) is 29.6 Å². The topological polar surface area (TPSA) is 80.9 Å². The van der Waals surface area contributed by atoms with Crippen LogP contribution in [0.2, 0.25) is 0 Å². The summed E-state index contributed by atoms with van der Waals surface area (Å²) in [7, 11) is 0. The maximum Gasteiger partial charge on any atom is 0.328 e. The van der Waals surface area contributed by atoms with Crippen molar-refractivity contribution in [3.8, 4) is 0 Å². The summed E-state index contributed by atoms with van der Waals surface area (Å²) in [4.78, 5) is 25.1. The van der Waals surface area contributed by atoms with E-state index < -0.39 is 11.2 Å². The molecule has 0 unspecified atom stereocenters. The lowest BCUT2D eigenvalue weighted by molar-refractivity contribution is 0.728. The van der Waals surface area contributed by atoms with Gasteiger partial charge in [-0.15, -0.1) is 11.3 Å². The molecule has 6 heteroatoms. The van der Waals surface area contributed by atoms with Gasteiger partial charge >= 0.3 is 5.69 Å². The van der Waals surface area contributed by atoms with E-state index in [-0.39, 0.29) is 5.69 Å². The van der Waals surface area contributed by atoms with Crippen LogP contribution in [0.3, 0.4) is 0 Å². The summed E-state index contributed by atoms with van der Waals surface area (Å²) in [6.45, 7) is 0.393. The minimum Gasteiger partial charge on any atom is -0.393 e. The SMILES string of the molecule is Nc1cn(Cc2csc3ccccc23)c(=O)[nH]c1=O. The van der Waals surface area contributed by atoms with Gasteiger partial charge in [0.15, 0.2) is 0 Å². The average molecular weight is 273 g/mol. The average Bonchev–Trinajstić information content (AvgIpc) is 2.80. The third-order valence-corrected chi connectivity index (χ3v) is 3.95. The number of rotatable bonds is 2. The van der Waals surface area contributed by atoms with Crippen molar-refractivity contribution in [3.63, 3.8) is 0 Å². The predicted molar refractivity (Wildman–Crippen MR) is 76.7 cm³/mol. The maximum atomic E-state index is 11.7. The summed E-state index contributed by atoms with van der Waals surface area (Å²) >= 11 is 1.63. The Labute approximate surface area is 111 Å². The van der Waals surface area contributed by atoms with E-state index in [2.05, 4.69) is 4.98 Å². The molecule has 0 spiro atoms. The molecule has 5 nitrogen and oxygen atoms in total. The molecule has 19 heavy (non-hydrogen) atoms. The zero-order valence-corrected chi connectivity index (χ0v) is 10.7. The highest BCUT2D eigenvalue weighted by Crippen LogP contribution is 2.25. The van der Waals surface area contributed by atoms with Gasteiger partial charge in [0.25, 0.3) is 5.56 Å². The fourth-order valence-corrected chi connectivity index (χ4v) is 2.94. The second kappa shape index (κ2) is 4.40. The number of aromatic nitrogens is 2. The van der Waals surface area contributed by atoms with Crippen LogP contribution < -0.4 is 17.0 Å². The highest BCUT2D eigenvalue weighted by Gasteiger charge is 2.06. The second-order valence-electron chi connectivity index (χ2n) is 4.23. The predicted octanol–water partition coefficient (Wildman–Crippen LogP) is 1.38. The first-order chi connectivity index (χ1) is 9.15. The van der Waals surface area contributed by atoms with Crippen molar-refractivity contribution >= 4 is 27.1 Å². The highest BCUT2D eigenvalue weighted by molar-refractivity contribution is 7.17. The summed E-state index contributed by atoms with van der Waals surface area (Å²) < 4.78 is 2.58. The molecule has 0 atom stereocenters. The molecule has 0 radical (unpaired) electrons.